The molecule has 1 aliphatic heterocycles. The van der Waals surface area contributed by atoms with E-state index in [4.69, 9.17) is 14.2 Å². The molecule has 1 atom stereocenters. The first-order valence-electron chi connectivity index (χ1n) is 10.9. The van der Waals surface area contributed by atoms with Gasteiger partial charge in [0, 0.05) is 13.1 Å². The van der Waals surface area contributed by atoms with Gasteiger partial charge in [0.1, 0.15) is 37.2 Å². The molecule has 2 heterocycles. The highest BCUT2D eigenvalue weighted by molar-refractivity contribution is 5.43. The molecule has 1 fully saturated rings. The van der Waals surface area contributed by atoms with Gasteiger partial charge in [-0.1, -0.05) is 24.3 Å². The van der Waals surface area contributed by atoms with Crippen LogP contribution < -0.4 is 14.2 Å². The standard InChI is InChI=1S/C24H30N4O4/c1-30-22-9-8-20(14-23(22)31-13-12-28-18-25-26-19-28)15-27-11-5-10-24(29,16-27)17-32-21-6-3-2-4-7-21/h2-4,6-9,14,18-19,29H,5,10-13,15-17H2,1H3/t24-/m0/s1. The number of piperidine rings is 1. The molecule has 170 valence electrons. The zero-order valence-electron chi connectivity index (χ0n) is 18.4. The van der Waals surface area contributed by atoms with Crippen molar-refractivity contribution in [3.63, 3.8) is 0 Å². The summed E-state index contributed by atoms with van der Waals surface area (Å²) in [4.78, 5) is 2.26. The Morgan fingerprint density at radius 3 is 2.62 bits per heavy atom. The topological polar surface area (TPSA) is 81.9 Å². The highest BCUT2D eigenvalue weighted by Gasteiger charge is 2.34. The molecule has 1 aliphatic rings. The third kappa shape index (κ3) is 5.99. The molecule has 4 rings (SSSR count). The molecule has 3 aromatic rings. The van der Waals surface area contributed by atoms with E-state index < -0.39 is 5.60 Å². The third-order valence-electron chi connectivity index (χ3n) is 5.59. The Morgan fingerprint density at radius 1 is 1.03 bits per heavy atom. The number of para-hydroxylation sites is 1. The number of aromatic nitrogens is 3. The quantitative estimate of drug-likeness (QED) is 0.521. The van der Waals surface area contributed by atoms with E-state index in [-0.39, 0.29) is 6.61 Å². The van der Waals surface area contributed by atoms with E-state index in [0.717, 1.165) is 37.2 Å². The number of rotatable bonds is 10. The maximum Gasteiger partial charge on any atom is 0.161 e. The predicted octanol–water partition coefficient (Wildman–Crippen LogP) is 2.77. The van der Waals surface area contributed by atoms with E-state index in [2.05, 4.69) is 15.1 Å². The van der Waals surface area contributed by atoms with Crippen LogP contribution in [0.5, 0.6) is 17.2 Å². The minimum atomic E-state index is -0.862. The molecule has 1 aromatic heterocycles. The summed E-state index contributed by atoms with van der Waals surface area (Å²) >= 11 is 0. The minimum absolute atomic E-state index is 0.285. The minimum Gasteiger partial charge on any atom is -0.493 e. The van der Waals surface area contributed by atoms with E-state index in [9.17, 15) is 5.11 Å². The van der Waals surface area contributed by atoms with Crippen LogP contribution in [0.2, 0.25) is 0 Å². The van der Waals surface area contributed by atoms with Crippen LogP contribution in [0.3, 0.4) is 0 Å². The van der Waals surface area contributed by atoms with Crippen molar-refractivity contribution in [1.82, 2.24) is 19.7 Å². The number of aliphatic hydroxyl groups is 1. The van der Waals surface area contributed by atoms with Crippen molar-refractivity contribution in [3.8, 4) is 17.2 Å². The van der Waals surface area contributed by atoms with Crippen molar-refractivity contribution >= 4 is 0 Å². The summed E-state index contributed by atoms with van der Waals surface area (Å²) in [6.07, 6.45) is 4.98. The van der Waals surface area contributed by atoms with Crippen LogP contribution >= 0.6 is 0 Å². The molecule has 32 heavy (non-hydrogen) atoms. The number of methoxy groups -OCH3 is 1. The lowest BCUT2D eigenvalue weighted by Crippen LogP contribution is -2.51. The van der Waals surface area contributed by atoms with Gasteiger partial charge in [-0.25, -0.2) is 0 Å². The Hall–Kier alpha value is -3.10. The fraction of sp³-hybridized carbons (Fsp3) is 0.417. The Balaban J connectivity index is 1.34. The molecule has 8 nitrogen and oxygen atoms in total. The monoisotopic (exact) mass is 438 g/mol. The maximum absolute atomic E-state index is 11.1. The Labute approximate surface area is 188 Å². The molecule has 0 amide bonds. The largest absolute Gasteiger partial charge is 0.493 e. The molecule has 0 radical (unpaired) electrons. The zero-order chi connectivity index (χ0) is 22.2. The fourth-order valence-electron chi connectivity index (χ4n) is 3.98. The van der Waals surface area contributed by atoms with Gasteiger partial charge in [0.2, 0.25) is 0 Å². The van der Waals surface area contributed by atoms with E-state index in [1.54, 1.807) is 19.8 Å². The number of likely N-dealkylation sites (tertiary alicyclic amines) is 1. The van der Waals surface area contributed by atoms with Crippen molar-refractivity contribution in [2.75, 3.05) is 33.4 Å². The molecule has 2 aromatic carbocycles. The van der Waals surface area contributed by atoms with Gasteiger partial charge in [-0.2, -0.15) is 0 Å². The Morgan fingerprint density at radius 2 is 1.84 bits per heavy atom. The normalized spacial score (nSPS) is 18.9. The first-order chi connectivity index (χ1) is 15.6. The van der Waals surface area contributed by atoms with Crippen LogP contribution in [0.15, 0.2) is 61.2 Å². The first kappa shape index (κ1) is 22.1. The SMILES string of the molecule is COc1ccc(CN2CCC[C@@](O)(COc3ccccc3)C2)cc1OCCn1cnnc1. The van der Waals surface area contributed by atoms with E-state index >= 15 is 0 Å². The second-order valence-corrected chi connectivity index (χ2v) is 8.17. The van der Waals surface area contributed by atoms with Gasteiger partial charge < -0.3 is 23.9 Å². The van der Waals surface area contributed by atoms with Gasteiger partial charge >= 0.3 is 0 Å². The fourth-order valence-corrected chi connectivity index (χ4v) is 3.98. The smallest absolute Gasteiger partial charge is 0.161 e. The van der Waals surface area contributed by atoms with E-state index in [1.807, 2.05) is 53.1 Å². The van der Waals surface area contributed by atoms with Gasteiger partial charge in [0.05, 0.1) is 13.7 Å². The van der Waals surface area contributed by atoms with Crippen molar-refractivity contribution in [2.24, 2.45) is 0 Å². The van der Waals surface area contributed by atoms with Crippen LogP contribution in [0.4, 0.5) is 0 Å². The van der Waals surface area contributed by atoms with Gasteiger partial charge in [-0.15, -0.1) is 10.2 Å². The van der Waals surface area contributed by atoms with Crippen molar-refractivity contribution in [3.05, 3.63) is 66.7 Å². The lowest BCUT2D eigenvalue weighted by Gasteiger charge is -2.39. The molecule has 8 heteroatoms. The van der Waals surface area contributed by atoms with E-state index in [1.165, 1.54) is 0 Å². The third-order valence-corrected chi connectivity index (χ3v) is 5.59. The highest BCUT2D eigenvalue weighted by Crippen LogP contribution is 2.30. The lowest BCUT2D eigenvalue weighted by atomic mass is 9.93. The van der Waals surface area contributed by atoms with Crippen LogP contribution in [-0.4, -0.2) is 63.8 Å². The number of β-amino-alcohol motifs (C(OH)–C–C–N with tert-alkyl or cyclic N) is 1. The summed E-state index contributed by atoms with van der Waals surface area (Å²) in [5.74, 6) is 2.18. The van der Waals surface area contributed by atoms with Crippen molar-refractivity contribution < 1.29 is 19.3 Å². The molecular weight excluding hydrogens is 408 g/mol. The molecule has 1 N–H and O–H groups in total. The summed E-state index contributed by atoms with van der Waals surface area (Å²) < 4.78 is 19.1. The highest BCUT2D eigenvalue weighted by atomic mass is 16.5. The molecule has 0 bridgehead atoms. The second-order valence-electron chi connectivity index (χ2n) is 8.17. The molecular formula is C24H30N4O4. The van der Waals surface area contributed by atoms with E-state index in [0.29, 0.717) is 31.2 Å². The number of hydrogen-bond donors (Lipinski definition) is 1. The van der Waals surface area contributed by atoms with Gasteiger partial charge in [0.15, 0.2) is 11.5 Å². The number of benzene rings is 2. The number of hydrogen-bond acceptors (Lipinski definition) is 7. The molecule has 1 saturated heterocycles. The van der Waals surface area contributed by atoms with Gasteiger partial charge in [-0.05, 0) is 49.2 Å². The maximum atomic E-state index is 11.1. The summed E-state index contributed by atoms with van der Waals surface area (Å²) in [7, 11) is 1.64. The zero-order valence-corrected chi connectivity index (χ0v) is 18.4. The summed E-state index contributed by atoms with van der Waals surface area (Å²) in [6.45, 7) is 3.64. The van der Waals surface area contributed by atoms with Crippen molar-refractivity contribution in [1.29, 1.82) is 0 Å². The molecule has 0 aliphatic carbocycles. The first-order valence-corrected chi connectivity index (χ1v) is 10.9. The van der Waals surface area contributed by atoms with Gasteiger partial charge in [-0.3, -0.25) is 4.90 Å². The summed E-state index contributed by atoms with van der Waals surface area (Å²) in [6, 6.07) is 15.6. The predicted molar refractivity (Wildman–Crippen MR) is 120 cm³/mol. The van der Waals surface area contributed by atoms with Crippen LogP contribution in [0, 0.1) is 0 Å². The summed E-state index contributed by atoms with van der Waals surface area (Å²) in [5, 5.41) is 18.7. The second kappa shape index (κ2) is 10.5. The van der Waals surface area contributed by atoms with Crippen LogP contribution in [0.1, 0.15) is 18.4 Å². The Kier molecular flexibility index (Phi) is 7.24. The molecule has 0 spiro atoms. The lowest BCUT2D eigenvalue weighted by molar-refractivity contribution is -0.0621. The van der Waals surface area contributed by atoms with Crippen LogP contribution in [0.25, 0.3) is 0 Å². The Bertz CT molecular complexity index is 967. The van der Waals surface area contributed by atoms with Crippen LogP contribution in [-0.2, 0) is 13.1 Å². The molecule has 0 unspecified atom stereocenters. The number of nitrogens with zero attached hydrogens (tertiary/aromatic N) is 4. The van der Waals surface area contributed by atoms with Crippen molar-refractivity contribution in [2.45, 2.75) is 31.5 Å². The summed E-state index contributed by atoms with van der Waals surface area (Å²) in [5.41, 5.74) is 0.247. The average Bonchev–Trinajstić information content (AvgIpc) is 3.32. The van der Waals surface area contributed by atoms with Gasteiger partial charge in [0.25, 0.3) is 0 Å². The number of ether oxygens (including phenoxy) is 3. The molecule has 0 saturated carbocycles. The average molecular weight is 439 g/mol.